The van der Waals surface area contributed by atoms with Gasteiger partial charge < -0.3 is 10.1 Å². The Bertz CT molecular complexity index is 106. The Labute approximate surface area is 83.1 Å². The summed E-state index contributed by atoms with van der Waals surface area (Å²) >= 11 is 0. The predicted molar refractivity (Wildman–Crippen MR) is 58.0 cm³/mol. The molecule has 1 N–H and O–H groups in total. The summed E-state index contributed by atoms with van der Waals surface area (Å²) in [5.41, 5.74) is 0. The monoisotopic (exact) mass is 187 g/mol. The molecule has 0 spiro atoms. The lowest BCUT2D eigenvalue weighted by Crippen LogP contribution is -2.33. The van der Waals surface area contributed by atoms with Gasteiger partial charge in [0.25, 0.3) is 0 Å². The summed E-state index contributed by atoms with van der Waals surface area (Å²) in [7, 11) is 2.04. The Balaban J connectivity index is 3.60. The van der Waals surface area contributed by atoms with E-state index in [1.165, 1.54) is 12.8 Å². The second-order valence-corrected chi connectivity index (χ2v) is 3.65. The molecule has 13 heavy (non-hydrogen) atoms. The zero-order chi connectivity index (χ0) is 10.1. The van der Waals surface area contributed by atoms with Crippen LogP contribution in [0.15, 0.2) is 0 Å². The Morgan fingerprint density at radius 2 is 1.92 bits per heavy atom. The summed E-state index contributed by atoms with van der Waals surface area (Å²) in [6, 6.07) is 0.617. The van der Waals surface area contributed by atoms with Crippen molar-refractivity contribution >= 4 is 0 Å². The van der Waals surface area contributed by atoms with Crippen molar-refractivity contribution in [2.24, 2.45) is 5.92 Å². The maximum atomic E-state index is 5.35. The summed E-state index contributed by atoms with van der Waals surface area (Å²) in [6.45, 7) is 8.32. The van der Waals surface area contributed by atoms with Crippen LogP contribution in [0.1, 0.15) is 40.0 Å². The molecule has 0 fully saturated rings. The zero-order valence-corrected chi connectivity index (χ0v) is 9.60. The van der Waals surface area contributed by atoms with Crippen LogP contribution < -0.4 is 5.32 Å². The molecule has 0 aromatic carbocycles. The molecule has 0 rings (SSSR count). The van der Waals surface area contributed by atoms with Gasteiger partial charge in [-0.3, -0.25) is 0 Å². The van der Waals surface area contributed by atoms with Crippen molar-refractivity contribution in [3.8, 4) is 0 Å². The van der Waals surface area contributed by atoms with Crippen molar-refractivity contribution in [2.75, 3.05) is 20.3 Å². The highest BCUT2D eigenvalue weighted by atomic mass is 16.5. The molecular weight excluding hydrogens is 162 g/mol. The average molecular weight is 187 g/mol. The van der Waals surface area contributed by atoms with Gasteiger partial charge >= 0.3 is 0 Å². The molecule has 0 aromatic heterocycles. The Morgan fingerprint density at radius 3 is 2.38 bits per heavy atom. The number of hydrogen-bond acceptors (Lipinski definition) is 2. The molecule has 0 aliphatic rings. The van der Waals surface area contributed by atoms with Crippen LogP contribution in [0, 0.1) is 5.92 Å². The second-order valence-electron chi connectivity index (χ2n) is 3.65. The summed E-state index contributed by atoms with van der Waals surface area (Å²) in [4.78, 5) is 0. The Hall–Kier alpha value is -0.0800. The second kappa shape index (κ2) is 8.52. The number of hydrogen-bond donors (Lipinski definition) is 1. The van der Waals surface area contributed by atoms with Crippen LogP contribution in [0.3, 0.4) is 0 Å². The average Bonchev–Trinajstić information content (AvgIpc) is 2.13. The van der Waals surface area contributed by atoms with Crippen LogP contribution in [-0.4, -0.2) is 26.3 Å². The van der Waals surface area contributed by atoms with Crippen LogP contribution in [0.2, 0.25) is 0 Å². The third-order valence-electron chi connectivity index (χ3n) is 2.58. The molecule has 2 atom stereocenters. The topological polar surface area (TPSA) is 21.3 Å². The van der Waals surface area contributed by atoms with Gasteiger partial charge in [-0.05, 0) is 32.7 Å². The van der Waals surface area contributed by atoms with E-state index in [-0.39, 0.29) is 0 Å². The third kappa shape index (κ3) is 6.05. The van der Waals surface area contributed by atoms with Crippen molar-refractivity contribution in [1.29, 1.82) is 0 Å². The quantitative estimate of drug-likeness (QED) is 0.589. The van der Waals surface area contributed by atoms with E-state index in [0.29, 0.717) is 6.04 Å². The fourth-order valence-electron chi connectivity index (χ4n) is 1.72. The van der Waals surface area contributed by atoms with Crippen molar-refractivity contribution in [3.05, 3.63) is 0 Å². The molecule has 0 aliphatic carbocycles. The minimum Gasteiger partial charge on any atom is -0.382 e. The Morgan fingerprint density at radius 1 is 1.23 bits per heavy atom. The fraction of sp³-hybridized carbons (Fsp3) is 1.00. The molecule has 0 aromatic rings. The maximum absolute atomic E-state index is 5.35. The molecule has 0 heterocycles. The molecule has 80 valence electrons. The largest absolute Gasteiger partial charge is 0.382 e. The molecular formula is C11H25NO. The molecule has 0 aliphatic heterocycles. The van der Waals surface area contributed by atoms with E-state index < -0.39 is 0 Å². The van der Waals surface area contributed by atoms with Crippen molar-refractivity contribution < 1.29 is 4.74 Å². The minimum absolute atomic E-state index is 0.617. The maximum Gasteiger partial charge on any atom is 0.0480 e. The highest BCUT2D eigenvalue weighted by molar-refractivity contribution is 4.71. The lowest BCUT2D eigenvalue weighted by Gasteiger charge is -2.22. The number of nitrogens with one attached hydrogen (secondary N) is 1. The van der Waals surface area contributed by atoms with E-state index in [9.17, 15) is 0 Å². The van der Waals surface area contributed by atoms with Gasteiger partial charge in [-0.25, -0.2) is 0 Å². The number of ether oxygens (including phenoxy) is 1. The van der Waals surface area contributed by atoms with Crippen molar-refractivity contribution in [3.63, 3.8) is 0 Å². The van der Waals surface area contributed by atoms with E-state index in [0.717, 1.165) is 25.6 Å². The summed E-state index contributed by atoms with van der Waals surface area (Å²) in [5, 5.41) is 3.37. The zero-order valence-electron chi connectivity index (χ0n) is 9.60. The third-order valence-corrected chi connectivity index (χ3v) is 2.58. The SMILES string of the molecule is CCCC(C)C(CCOCC)NC. The summed E-state index contributed by atoms with van der Waals surface area (Å²) in [5.74, 6) is 0.760. The van der Waals surface area contributed by atoms with E-state index in [1.54, 1.807) is 0 Å². The van der Waals surface area contributed by atoms with E-state index >= 15 is 0 Å². The highest BCUT2D eigenvalue weighted by Crippen LogP contribution is 2.13. The predicted octanol–water partition coefficient (Wildman–Crippen LogP) is 2.44. The normalized spacial score (nSPS) is 15.7. The van der Waals surface area contributed by atoms with Crippen LogP contribution >= 0.6 is 0 Å². The number of rotatable bonds is 8. The van der Waals surface area contributed by atoms with Crippen LogP contribution in [0.4, 0.5) is 0 Å². The van der Waals surface area contributed by atoms with E-state index in [2.05, 4.69) is 19.2 Å². The summed E-state index contributed by atoms with van der Waals surface area (Å²) < 4.78 is 5.35. The van der Waals surface area contributed by atoms with Gasteiger partial charge in [-0.2, -0.15) is 0 Å². The smallest absolute Gasteiger partial charge is 0.0480 e. The van der Waals surface area contributed by atoms with Gasteiger partial charge in [-0.1, -0.05) is 20.3 Å². The molecule has 0 amide bonds. The van der Waals surface area contributed by atoms with Gasteiger partial charge in [0.2, 0.25) is 0 Å². The molecule has 0 radical (unpaired) electrons. The molecule has 0 bridgehead atoms. The minimum atomic E-state index is 0.617. The lowest BCUT2D eigenvalue weighted by molar-refractivity contribution is 0.130. The van der Waals surface area contributed by atoms with Crippen LogP contribution in [0.5, 0.6) is 0 Å². The van der Waals surface area contributed by atoms with Gasteiger partial charge in [0.05, 0.1) is 0 Å². The van der Waals surface area contributed by atoms with Crippen LogP contribution in [-0.2, 0) is 4.74 Å². The van der Waals surface area contributed by atoms with E-state index in [1.807, 2.05) is 14.0 Å². The first-order valence-corrected chi connectivity index (χ1v) is 5.51. The standard InChI is InChI=1S/C11H25NO/c1-5-7-10(3)11(12-4)8-9-13-6-2/h10-12H,5-9H2,1-4H3. The van der Waals surface area contributed by atoms with Gasteiger partial charge in [0.1, 0.15) is 0 Å². The fourth-order valence-corrected chi connectivity index (χ4v) is 1.72. The molecule has 2 heteroatoms. The lowest BCUT2D eigenvalue weighted by atomic mass is 9.95. The summed E-state index contributed by atoms with van der Waals surface area (Å²) in [6.07, 6.45) is 3.71. The van der Waals surface area contributed by atoms with E-state index in [4.69, 9.17) is 4.74 Å². The molecule has 0 saturated heterocycles. The molecule has 0 saturated carbocycles. The van der Waals surface area contributed by atoms with Gasteiger partial charge in [-0.15, -0.1) is 0 Å². The molecule has 2 nitrogen and oxygen atoms in total. The first-order valence-electron chi connectivity index (χ1n) is 5.51. The van der Waals surface area contributed by atoms with Gasteiger partial charge in [0, 0.05) is 19.3 Å². The Kier molecular flexibility index (Phi) is 8.46. The van der Waals surface area contributed by atoms with Crippen LogP contribution in [0.25, 0.3) is 0 Å². The highest BCUT2D eigenvalue weighted by Gasteiger charge is 2.13. The van der Waals surface area contributed by atoms with Gasteiger partial charge in [0.15, 0.2) is 0 Å². The van der Waals surface area contributed by atoms with Crippen molar-refractivity contribution in [1.82, 2.24) is 5.32 Å². The molecule has 2 unspecified atom stereocenters. The van der Waals surface area contributed by atoms with Crippen molar-refractivity contribution in [2.45, 2.75) is 46.1 Å². The first-order chi connectivity index (χ1) is 6.26. The first kappa shape index (κ1) is 12.9.